The lowest BCUT2D eigenvalue weighted by Crippen LogP contribution is -2.20. The third-order valence-electron chi connectivity index (χ3n) is 3.71. The standard InChI is InChI=1S/C20H18N2O5S/c1-26-16-11-13-17(14-12-16)28(24,25)27-19-10-6-5-9-18(19)22-20(23)21-15-7-3-2-4-8-15/h2-14H,1H3,(H2,21,22,23). The van der Waals surface area contributed by atoms with E-state index < -0.39 is 16.1 Å². The quantitative estimate of drug-likeness (QED) is 0.610. The van der Waals surface area contributed by atoms with Crippen molar-refractivity contribution in [1.82, 2.24) is 0 Å². The van der Waals surface area contributed by atoms with Crippen LogP contribution in [0.15, 0.2) is 83.8 Å². The van der Waals surface area contributed by atoms with Crippen molar-refractivity contribution < 1.29 is 22.1 Å². The molecule has 0 aliphatic heterocycles. The number of rotatable bonds is 6. The summed E-state index contributed by atoms with van der Waals surface area (Å²) < 4.78 is 35.3. The molecule has 8 heteroatoms. The second kappa shape index (κ2) is 8.45. The van der Waals surface area contributed by atoms with Gasteiger partial charge in [0, 0.05) is 5.69 Å². The van der Waals surface area contributed by atoms with E-state index in [1.165, 1.54) is 37.4 Å². The van der Waals surface area contributed by atoms with Gasteiger partial charge in [0.05, 0.1) is 12.8 Å². The first-order valence-electron chi connectivity index (χ1n) is 8.28. The first kappa shape index (κ1) is 19.2. The van der Waals surface area contributed by atoms with Crippen LogP contribution >= 0.6 is 0 Å². The van der Waals surface area contributed by atoms with Crippen molar-refractivity contribution in [2.24, 2.45) is 0 Å². The molecule has 7 nitrogen and oxygen atoms in total. The number of ether oxygens (including phenoxy) is 1. The molecule has 0 aliphatic carbocycles. The minimum Gasteiger partial charge on any atom is -0.497 e. The van der Waals surface area contributed by atoms with Crippen molar-refractivity contribution in [3.63, 3.8) is 0 Å². The van der Waals surface area contributed by atoms with Gasteiger partial charge in [-0.1, -0.05) is 30.3 Å². The molecule has 0 unspecified atom stereocenters. The zero-order valence-electron chi connectivity index (χ0n) is 15.0. The maximum Gasteiger partial charge on any atom is 0.339 e. The van der Waals surface area contributed by atoms with Crippen molar-refractivity contribution in [2.75, 3.05) is 17.7 Å². The number of carbonyl (C=O) groups excluding carboxylic acids is 1. The summed E-state index contributed by atoms with van der Waals surface area (Å²) in [4.78, 5) is 12.2. The normalized spacial score (nSPS) is 10.8. The van der Waals surface area contributed by atoms with Crippen LogP contribution < -0.4 is 19.6 Å². The van der Waals surface area contributed by atoms with Crippen LogP contribution in [-0.4, -0.2) is 21.6 Å². The third kappa shape index (κ3) is 4.80. The molecule has 0 saturated heterocycles. The molecule has 3 aromatic rings. The molecule has 0 spiro atoms. The van der Waals surface area contributed by atoms with E-state index in [0.717, 1.165) is 0 Å². The molecule has 0 aromatic heterocycles. The molecular formula is C20H18N2O5S. The molecule has 2 N–H and O–H groups in total. The second-order valence-corrected chi connectivity index (χ2v) is 7.20. The minimum absolute atomic E-state index is 0.00142. The highest BCUT2D eigenvalue weighted by Gasteiger charge is 2.19. The summed E-state index contributed by atoms with van der Waals surface area (Å²) >= 11 is 0. The molecule has 144 valence electrons. The number of anilines is 2. The van der Waals surface area contributed by atoms with E-state index in [0.29, 0.717) is 11.4 Å². The maximum absolute atomic E-state index is 12.5. The summed E-state index contributed by atoms with van der Waals surface area (Å²) in [5, 5.41) is 5.25. The van der Waals surface area contributed by atoms with E-state index in [2.05, 4.69) is 10.6 Å². The first-order chi connectivity index (χ1) is 13.5. The Balaban J connectivity index is 1.76. The second-order valence-electron chi connectivity index (χ2n) is 5.65. The van der Waals surface area contributed by atoms with E-state index in [1.54, 1.807) is 42.5 Å². The van der Waals surface area contributed by atoms with Gasteiger partial charge in [-0.2, -0.15) is 8.42 Å². The van der Waals surface area contributed by atoms with Crippen molar-refractivity contribution in [1.29, 1.82) is 0 Å². The van der Waals surface area contributed by atoms with Crippen LogP contribution in [0, 0.1) is 0 Å². The van der Waals surface area contributed by atoms with Gasteiger partial charge in [-0.3, -0.25) is 0 Å². The molecule has 0 saturated carbocycles. The number of hydrogen-bond acceptors (Lipinski definition) is 5. The van der Waals surface area contributed by atoms with Crippen LogP contribution in [0.5, 0.6) is 11.5 Å². The summed E-state index contributed by atoms with van der Waals surface area (Å²) in [7, 11) is -2.59. The molecule has 0 radical (unpaired) electrons. The molecule has 0 atom stereocenters. The van der Waals surface area contributed by atoms with Crippen molar-refractivity contribution in [2.45, 2.75) is 4.90 Å². The Bertz CT molecular complexity index is 1050. The van der Waals surface area contributed by atoms with Gasteiger partial charge < -0.3 is 19.6 Å². The summed E-state index contributed by atoms with van der Waals surface area (Å²) in [6.07, 6.45) is 0. The van der Waals surface area contributed by atoms with E-state index in [4.69, 9.17) is 8.92 Å². The molecule has 0 aliphatic rings. The van der Waals surface area contributed by atoms with Crippen LogP contribution in [0.2, 0.25) is 0 Å². The van der Waals surface area contributed by atoms with E-state index in [-0.39, 0.29) is 16.3 Å². The number of methoxy groups -OCH3 is 1. The Morgan fingerprint density at radius 1 is 0.821 bits per heavy atom. The van der Waals surface area contributed by atoms with Crippen LogP contribution in [0.4, 0.5) is 16.2 Å². The molecular weight excluding hydrogens is 380 g/mol. The fraction of sp³-hybridized carbons (Fsp3) is 0.0500. The van der Waals surface area contributed by atoms with Crippen molar-refractivity contribution in [3.05, 3.63) is 78.9 Å². The molecule has 0 heterocycles. The maximum atomic E-state index is 12.5. The zero-order chi connectivity index (χ0) is 20.0. The largest absolute Gasteiger partial charge is 0.497 e. The average Bonchev–Trinajstić information content (AvgIpc) is 2.70. The molecule has 2 amide bonds. The Labute approximate surface area is 163 Å². The van der Waals surface area contributed by atoms with Gasteiger partial charge >= 0.3 is 16.1 Å². The molecule has 3 aromatic carbocycles. The topological polar surface area (TPSA) is 93.7 Å². The lowest BCUT2D eigenvalue weighted by Gasteiger charge is -2.13. The van der Waals surface area contributed by atoms with Gasteiger partial charge in [0.15, 0.2) is 5.75 Å². The Morgan fingerprint density at radius 3 is 2.14 bits per heavy atom. The first-order valence-corrected chi connectivity index (χ1v) is 9.69. The Hall–Kier alpha value is -3.52. The van der Waals surface area contributed by atoms with E-state index >= 15 is 0 Å². The number of amides is 2. The summed E-state index contributed by atoms with van der Waals surface area (Å²) in [6.45, 7) is 0. The number of hydrogen-bond donors (Lipinski definition) is 2. The highest BCUT2D eigenvalue weighted by molar-refractivity contribution is 7.87. The lowest BCUT2D eigenvalue weighted by atomic mass is 10.3. The smallest absolute Gasteiger partial charge is 0.339 e. The monoisotopic (exact) mass is 398 g/mol. The van der Waals surface area contributed by atoms with E-state index in [1.807, 2.05) is 6.07 Å². The number of nitrogens with one attached hydrogen (secondary N) is 2. The summed E-state index contributed by atoms with van der Waals surface area (Å²) in [5.41, 5.74) is 0.817. The fourth-order valence-corrected chi connectivity index (χ4v) is 3.30. The van der Waals surface area contributed by atoms with Gasteiger partial charge in [-0.15, -0.1) is 0 Å². The van der Waals surface area contributed by atoms with Gasteiger partial charge in [0.2, 0.25) is 0 Å². The predicted molar refractivity (Wildman–Crippen MR) is 106 cm³/mol. The average molecular weight is 398 g/mol. The minimum atomic E-state index is -4.08. The van der Waals surface area contributed by atoms with Gasteiger partial charge in [0.25, 0.3) is 0 Å². The van der Waals surface area contributed by atoms with Crippen molar-refractivity contribution in [3.8, 4) is 11.5 Å². The number of para-hydroxylation sites is 3. The van der Waals surface area contributed by atoms with E-state index in [9.17, 15) is 13.2 Å². The van der Waals surface area contributed by atoms with Crippen molar-refractivity contribution >= 4 is 27.5 Å². The Morgan fingerprint density at radius 2 is 1.46 bits per heavy atom. The fourth-order valence-electron chi connectivity index (χ4n) is 2.36. The SMILES string of the molecule is COc1ccc(S(=O)(=O)Oc2ccccc2NC(=O)Nc2ccccc2)cc1. The highest BCUT2D eigenvalue weighted by atomic mass is 32.2. The predicted octanol–water partition coefficient (Wildman–Crippen LogP) is 4.11. The van der Waals surface area contributed by atoms with Gasteiger partial charge in [-0.05, 0) is 48.5 Å². The highest BCUT2D eigenvalue weighted by Crippen LogP contribution is 2.28. The van der Waals surface area contributed by atoms with Gasteiger partial charge in [-0.25, -0.2) is 4.79 Å². The van der Waals surface area contributed by atoms with Gasteiger partial charge in [0.1, 0.15) is 10.6 Å². The molecule has 28 heavy (non-hydrogen) atoms. The van der Waals surface area contributed by atoms with Crippen LogP contribution in [0.1, 0.15) is 0 Å². The van der Waals surface area contributed by atoms with Crippen LogP contribution in [0.3, 0.4) is 0 Å². The number of benzene rings is 3. The summed E-state index contributed by atoms with van der Waals surface area (Å²) in [6, 6.07) is 20.4. The number of urea groups is 1. The summed E-state index contributed by atoms with van der Waals surface area (Å²) in [5.74, 6) is 0.528. The van der Waals surface area contributed by atoms with Crippen LogP contribution in [0.25, 0.3) is 0 Å². The third-order valence-corrected chi connectivity index (χ3v) is 4.96. The lowest BCUT2D eigenvalue weighted by molar-refractivity contribution is 0.262. The number of carbonyl (C=O) groups is 1. The zero-order valence-corrected chi connectivity index (χ0v) is 15.8. The molecule has 0 bridgehead atoms. The molecule has 0 fully saturated rings. The molecule has 3 rings (SSSR count). The van der Waals surface area contributed by atoms with Crippen LogP contribution in [-0.2, 0) is 10.1 Å². The Kier molecular flexibility index (Phi) is 5.81.